The van der Waals surface area contributed by atoms with Gasteiger partial charge in [-0.2, -0.15) is 0 Å². The van der Waals surface area contributed by atoms with Crippen molar-refractivity contribution in [2.45, 2.75) is 70.3 Å². The van der Waals surface area contributed by atoms with Crippen LogP contribution in [0.1, 0.15) is 46.1 Å². The molecule has 6 nitrogen and oxygen atoms in total. The molecule has 1 amide bonds. The zero-order valence-electron chi connectivity index (χ0n) is 19.0. The van der Waals surface area contributed by atoms with Gasteiger partial charge in [0.2, 0.25) is 0 Å². The molecule has 3 aliphatic rings. The normalized spacial score (nSPS) is 27.3. The average Bonchev–Trinajstić information content (AvgIpc) is 3.45. The summed E-state index contributed by atoms with van der Waals surface area (Å²) in [6.45, 7) is 14.0. The zero-order valence-corrected chi connectivity index (χ0v) is 19.0. The largest absolute Gasteiger partial charge is 0.444 e. The molecule has 3 fully saturated rings. The van der Waals surface area contributed by atoms with Gasteiger partial charge in [-0.25, -0.2) is 4.79 Å². The molecule has 0 N–H and O–H groups in total. The molecule has 0 aromatic heterocycles. The molecule has 1 aromatic rings. The Morgan fingerprint density at radius 3 is 2.60 bits per heavy atom. The first-order valence-corrected chi connectivity index (χ1v) is 11.4. The van der Waals surface area contributed by atoms with Gasteiger partial charge in [0.25, 0.3) is 0 Å². The van der Waals surface area contributed by atoms with E-state index in [1.807, 2.05) is 25.7 Å². The van der Waals surface area contributed by atoms with Crippen molar-refractivity contribution in [2.75, 3.05) is 39.4 Å². The smallest absolute Gasteiger partial charge is 0.410 e. The maximum Gasteiger partial charge on any atom is 0.410 e. The molecule has 0 radical (unpaired) electrons. The summed E-state index contributed by atoms with van der Waals surface area (Å²) in [5.41, 5.74) is 1.09. The maximum atomic E-state index is 12.9. The van der Waals surface area contributed by atoms with Crippen LogP contribution >= 0.6 is 0 Å². The van der Waals surface area contributed by atoms with Gasteiger partial charge >= 0.3 is 6.09 Å². The fourth-order valence-corrected chi connectivity index (χ4v) is 4.78. The molecule has 1 spiro atoms. The van der Waals surface area contributed by atoms with E-state index in [1.165, 1.54) is 18.4 Å². The lowest BCUT2D eigenvalue weighted by molar-refractivity contribution is -0.0530. The van der Waals surface area contributed by atoms with Gasteiger partial charge in [-0.15, -0.1) is 0 Å². The first-order chi connectivity index (χ1) is 14.3. The first kappa shape index (κ1) is 21.6. The molecule has 166 valence electrons. The van der Waals surface area contributed by atoms with Crippen LogP contribution in [0, 0.1) is 0 Å². The molecule has 4 rings (SSSR count). The molecule has 1 aliphatic carbocycles. The standard InChI is InChI=1S/C24H37N3O3/c1-19-14-25(15-20-8-6-5-7-9-20)21(17-27(19)22(28)30-23(2,3)4)16-26-12-13-29-18-24(26)10-11-24/h5-9,19,21H,10-18H2,1-4H3/t19-,21+/m1/s1. The van der Waals surface area contributed by atoms with Crippen molar-refractivity contribution in [2.24, 2.45) is 0 Å². The third-order valence-corrected chi connectivity index (χ3v) is 6.62. The van der Waals surface area contributed by atoms with Crippen molar-refractivity contribution in [3.05, 3.63) is 35.9 Å². The highest BCUT2D eigenvalue weighted by Crippen LogP contribution is 2.44. The summed E-state index contributed by atoms with van der Waals surface area (Å²) in [7, 11) is 0. The van der Waals surface area contributed by atoms with Crippen LogP contribution in [0.3, 0.4) is 0 Å². The number of benzene rings is 1. The Bertz CT molecular complexity index is 729. The molecule has 2 atom stereocenters. The number of carbonyl (C=O) groups is 1. The van der Waals surface area contributed by atoms with E-state index >= 15 is 0 Å². The lowest BCUT2D eigenvalue weighted by Crippen LogP contribution is -2.63. The summed E-state index contributed by atoms with van der Waals surface area (Å²) in [6, 6.07) is 11.1. The van der Waals surface area contributed by atoms with Gasteiger partial charge < -0.3 is 14.4 Å². The number of nitrogens with zero attached hydrogens (tertiary/aromatic N) is 3. The van der Waals surface area contributed by atoms with E-state index in [-0.39, 0.29) is 23.7 Å². The first-order valence-electron chi connectivity index (χ1n) is 11.4. The van der Waals surface area contributed by atoms with Gasteiger partial charge in [-0.05, 0) is 46.1 Å². The van der Waals surface area contributed by atoms with Crippen LogP contribution in [0.2, 0.25) is 0 Å². The van der Waals surface area contributed by atoms with E-state index in [4.69, 9.17) is 9.47 Å². The summed E-state index contributed by atoms with van der Waals surface area (Å²) in [5, 5.41) is 0. The highest BCUT2D eigenvalue weighted by Gasteiger charge is 2.51. The molecule has 2 saturated heterocycles. The summed E-state index contributed by atoms with van der Waals surface area (Å²) in [5.74, 6) is 0. The zero-order chi connectivity index (χ0) is 21.4. The van der Waals surface area contributed by atoms with E-state index in [9.17, 15) is 4.79 Å². The number of piperazine rings is 1. The fourth-order valence-electron chi connectivity index (χ4n) is 4.78. The molecule has 30 heavy (non-hydrogen) atoms. The van der Waals surface area contributed by atoms with Crippen molar-refractivity contribution in [1.29, 1.82) is 0 Å². The molecule has 0 unspecified atom stereocenters. The van der Waals surface area contributed by atoms with Gasteiger partial charge in [-0.3, -0.25) is 9.80 Å². The number of morpholine rings is 1. The van der Waals surface area contributed by atoms with Crippen molar-refractivity contribution in [3.63, 3.8) is 0 Å². The van der Waals surface area contributed by atoms with E-state index in [1.54, 1.807) is 0 Å². The molecule has 6 heteroatoms. The van der Waals surface area contributed by atoms with E-state index in [2.05, 4.69) is 47.1 Å². The quantitative estimate of drug-likeness (QED) is 0.755. The average molecular weight is 416 g/mol. The minimum absolute atomic E-state index is 0.124. The summed E-state index contributed by atoms with van der Waals surface area (Å²) in [4.78, 5) is 20.0. The second-order valence-electron chi connectivity index (χ2n) is 10.3. The third kappa shape index (κ3) is 4.98. The van der Waals surface area contributed by atoms with E-state index in [0.29, 0.717) is 6.54 Å². The predicted octanol–water partition coefficient (Wildman–Crippen LogP) is 3.36. The van der Waals surface area contributed by atoms with Crippen molar-refractivity contribution in [1.82, 2.24) is 14.7 Å². The van der Waals surface area contributed by atoms with Crippen LogP contribution in [0.25, 0.3) is 0 Å². The molecular formula is C24H37N3O3. The topological polar surface area (TPSA) is 45.2 Å². The molecule has 1 aromatic carbocycles. The second-order valence-corrected chi connectivity index (χ2v) is 10.3. The van der Waals surface area contributed by atoms with Crippen LogP contribution < -0.4 is 0 Å². The minimum Gasteiger partial charge on any atom is -0.444 e. The Morgan fingerprint density at radius 2 is 1.93 bits per heavy atom. The summed E-state index contributed by atoms with van der Waals surface area (Å²) < 4.78 is 11.5. The Kier molecular flexibility index (Phi) is 6.11. The number of ether oxygens (including phenoxy) is 2. The minimum atomic E-state index is -0.476. The number of hydrogen-bond donors (Lipinski definition) is 0. The SMILES string of the molecule is C[C@@H]1CN(Cc2ccccc2)[C@@H](CN2CCOCC23CC3)CN1C(=O)OC(C)(C)C. The van der Waals surface area contributed by atoms with Crippen LogP contribution in [-0.2, 0) is 16.0 Å². The summed E-state index contributed by atoms with van der Waals surface area (Å²) >= 11 is 0. The van der Waals surface area contributed by atoms with Gasteiger partial charge in [0, 0.05) is 50.3 Å². The number of hydrogen-bond acceptors (Lipinski definition) is 5. The Morgan fingerprint density at radius 1 is 1.20 bits per heavy atom. The lowest BCUT2D eigenvalue weighted by atomic mass is 10.0. The molecular weight excluding hydrogens is 378 g/mol. The number of amides is 1. The fraction of sp³-hybridized carbons (Fsp3) is 0.708. The molecule has 1 saturated carbocycles. The van der Waals surface area contributed by atoms with Crippen molar-refractivity contribution >= 4 is 6.09 Å². The Hall–Kier alpha value is -1.63. The van der Waals surface area contributed by atoms with Gasteiger partial charge in [-0.1, -0.05) is 30.3 Å². The van der Waals surface area contributed by atoms with Crippen molar-refractivity contribution in [3.8, 4) is 0 Å². The highest BCUT2D eigenvalue weighted by atomic mass is 16.6. The van der Waals surface area contributed by atoms with Gasteiger partial charge in [0.1, 0.15) is 5.60 Å². The predicted molar refractivity (Wildman–Crippen MR) is 117 cm³/mol. The molecule has 0 bridgehead atoms. The monoisotopic (exact) mass is 415 g/mol. The van der Waals surface area contributed by atoms with Crippen LogP contribution in [0.5, 0.6) is 0 Å². The van der Waals surface area contributed by atoms with Gasteiger partial charge in [0.15, 0.2) is 0 Å². The Labute approximate surface area is 181 Å². The third-order valence-electron chi connectivity index (χ3n) is 6.62. The number of rotatable bonds is 4. The van der Waals surface area contributed by atoms with E-state index in [0.717, 1.165) is 39.4 Å². The summed E-state index contributed by atoms with van der Waals surface area (Å²) in [6.07, 6.45) is 2.26. The number of carbonyl (C=O) groups excluding carboxylic acids is 1. The van der Waals surface area contributed by atoms with Crippen LogP contribution in [0.15, 0.2) is 30.3 Å². The highest BCUT2D eigenvalue weighted by molar-refractivity contribution is 5.68. The van der Waals surface area contributed by atoms with E-state index < -0.39 is 5.60 Å². The second kappa shape index (κ2) is 8.48. The van der Waals surface area contributed by atoms with Gasteiger partial charge in [0.05, 0.1) is 13.2 Å². The van der Waals surface area contributed by atoms with Crippen LogP contribution in [-0.4, -0.2) is 83.4 Å². The maximum absolute atomic E-state index is 12.9. The molecule has 2 heterocycles. The Balaban J connectivity index is 1.51. The molecule has 2 aliphatic heterocycles. The lowest BCUT2D eigenvalue weighted by Gasteiger charge is -2.48. The van der Waals surface area contributed by atoms with Crippen molar-refractivity contribution < 1.29 is 14.3 Å². The van der Waals surface area contributed by atoms with Crippen LogP contribution in [0.4, 0.5) is 4.79 Å².